The first-order valence-corrected chi connectivity index (χ1v) is 13.0. The summed E-state index contributed by atoms with van der Waals surface area (Å²) < 4.78 is 27.6. The Kier molecular flexibility index (Phi) is 6.87. The van der Waals surface area contributed by atoms with Crippen LogP contribution >= 0.6 is 11.3 Å². The molecule has 8 heteroatoms. The van der Waals surface area contributed by atoms with Crippen molar-refractivity contribution in [1.29, 1.82) is 0 Å². The van der Waals surface area contributed by atoms with Crippen LogP contribution in [0, 0.1) is 0 Å². The predicted molar refractivity (Wildman–Crippen MR) is 119 cm³/mol. The lowest BCUT2D eigenvalue weighted by molar-refractivity contribution is 0.0947. The van der Waals surface area contributed by atoms with Gasteiger partial charge in [0.25, 0.3) is 5.91 Å². The quantitative estimate of drug-likeness (QED) is 0.739. The maximum absolute atomic E-state index is 13.0. The fourth-order valence-electron chi connectivity index (χ4n) is 4.16. The topological polar surface area (TPSA) is 69.7 Å². The Morgan fingerprint density at radius 1 is 1.07 bits per heavy atom. The number of amides is 1. The van der Waals surface area contributed by atoms with Gasteiger partial charge in [-0.2, -0.15) is 4.31 Å². The Bertz CT molecular complexity index is 979. The molecule has 0 saturated carbocycles. The molecule has 1 saturated heterocycles. The van der Waals surface area contributed by atoms with Gasteiger partial charge in [0.05, 0.1) is 4.90 Å². The molecule has 6 nitrogen and oxygen atoms in total. The van der Waals surface area contributed by atoms with Crippen LogP contribution in [0.2, 0.25) is 0 Å². The molecule has 0 bridgehead atoms. The van der Waals surface area contributed by atoms with Crippen molar-refractivity contribution in [2.75, 3.05) is 32.7 Å². The second kappa shape index (κ2) is 9.60. The lowest BCUT2D eigenvalue weighted by Crippen LogP contribution is -2.37. The third kappa shape index (κ3) is 4.94. The molecule has 0 unspecified atom stereocenters. The molecule has 3 heterocycles. The number of carbonyl (C=O) groups excluding carboxylic acids is 1. The summed E-state index contributed by atoms with van der Waals surface area (Å²) in [6.07, 6.45) is 4.99. The van der Waals surface area contributed by atoms with E-state index in [4.69, 9.17) is 0 Å². The lowest BCUT2D eigenvalue weighted by atomic mass is 10.1. The zero-order valence-electron chi connectivity index (χ0n) is 17.2. The fourth-order valence-corrected chi connectivity index (χ4v) is 6.61. The third-order valence-electron chi connectivity index (χ3n) is 5.90. The minimum Gasteiger partial charge on any atom is -0.351 e. The van der Waals surface area contributed by atoms with E-state index in [0.29, 0.717) is 25.2 Å². The summed E-state index contributed by atoms with van der Waals surface area (Å²) in [5.74, 6) is -0.226. The van der Waals surface area contributed by atoms with E-state index in [0.717, 1.165) is 51.7 Å². The van der Waals surface area contributed by atoms with Gasteiger partial charge in [-0.15, -0.1) is 11.3 Å². The van der Waals surface area contributed by atoms with E-state index >= 15 is 0 Å². The highest BCUT2D eigenvalue weighted by atomic mass is 32.2. The molecule has 1 aromatic carbocycles. The van der Waals surface area contributed by atoms with Crippen LogP contribution in [-0.4, -0.2) is 56.3 Å². The summed E-state index contributed by atoms with van der Waals surface area (Å²) in [5, 5.41) is 5.09. The van der Waals surface area contributed by atoms with Crippen molar-refractivity contribution in [2.24, 2.45) is 0 Å². The lowest BCUT2D eigenvalue weighted by Gasteiger charge is -2.26. The Labute approximate surface area is 182 Å². The van der Waals surface area contributed by atoms with Gasteiger partial charge in [0.1, 0.15) is 0 Å². The van der Waals surface area contributed by atoms with Crippen molar-refractivity contribution in [3.8, 4) is 0 Å². The van der Waals surface area contributed by atoms with Crippen molar-refractivity contribution in [1.82, 2.24) is 14.5 Å². The Morgan fingerprint density at radius 3 is 2.67 bits per heavy atom. The summed E-state index contributed by atoms with van der Waals surface area (Å²) in [5.41, 5.74) is 1.79. The summed E-state index contributed by atoms with van der Waals surface area (Å²) in [6, 6.07) is 8.61. The van der Waals surface area contributed by atoms with Crippen LogP contribution in [-0.2, 0) is 23.0 Å². The van der Waals surface area contributed by atoms with E-state index in [1.807, 2.05) is 11.3 Å². The average molecular weight is 448 g/mol. The molecule has 0 spiro atoms. The number of sulfonamides is 1. The van der Waals surface area contributed by atoms with Gasteiger partial charge in [-0.3, -0.25) is 9.69 Å². The van der Waals surface area contributed by atoms with E-state index in [2.05, 4.69) is 21.7 Å². The molecule has 0 radical (unpaired) electrons. The third-order valence-corrected chi connectivity index (χ3v) is 8.82. The van der Waals surface area contributed by atoms with Crippen LogP contribution in [0.1, 0.15) is 46.5 Å². The predicted octanol–water partition coefficient (Wildman–Crippen LogP) is 3.10. The van der Waals surface area contributed by atoms with Gasteiger partial charge in [0, 0.05) is 49.7 Å². The zero-order chi connectivity index (χ0) is 21.0. The molecule has 2 aliphatic rings. The summed E-state index contributed by atoms with van der Waals surface area (Å²) in [4.78, 5) is 16.6. The number of benzene rings is 1. The maximum Gasteiger partial charge on any atom is 0.251 e. The van der Waals surface area contributed by atoms with Crippen molar-refractivity contribution in [2.45, 2.75) is 43.5 Å². The van der Waals surface area contributed by atoms with Crippen molar-refractivity contribution in [3.63, 3.8) is 0 Å². The van der Waals surface area contributed by atoms with Crippen LogP contribution in [0.3, 0.4) is 0 Å². The number of rotatable bonds is 6. The normalized spacial score (nSPS) is 18.5. The van der Waals surface area contributed by atoms with Gasteiger partial charge in [-0.25, -0.2) is 8.42 Å². The molecule has 2 aliphatic heterocycles. The van der Waals surface area contributed by atoms with Gasteiger partial charge in [-0.1, -0.05) is 18.9 Å². The summed E-state index contributed by atoms with van der Waals surface area (Å²) in [7, 11) is -3.56. The van der Waals surface area contributed by atoms with Gasteiger partial charge < -0.3 is 5.32 Å². The largest absolute Gasteiger partial charge is 0.351 e. The Morgan fingerprint density at radius 2 is 1.87 bits per heavy atom. The zero-order valence-corrected chi connectivity index (χ0v) is 18.8. The van der Waals surface area contributed by atoms with E-state index in [1.165, 1.54) is 16.5 Å². The molecule has 0 aliphatic carbocycles. The second-order valence-electron chi connectivity index (χ2n) is 8.00. The highest BCUT2D eigenvalue weighted by Crippen LogP contribution is 2.24. The van der Waals surface area contributed by atoms with Crippen molar-refractivity contribution >= 4 is 27.3 Å². The molecule has 0 atom stereocenters. The first-order chi connectivity index (χ1) is 14.5. The Balaban J connectivity index is 1.34. The summed E-state index contributed by atoms with van der Waals surface area (Å²) in [6.45, 7) is 4.38. The van der Waals surface area contributed by atoms with Gasteiger partial charge in [-0.05, 0) is 54.5 Å². The molecular formula is C22H29N3O3S2. The van der Waals surface area contributed by atoms with E-state index in [9.17, 15) is 13.2 Å². The number of nitrogens with zero attached hydrogens (tertiary/aromatic N) is 2. The van der Waals surface area contributed by atoms with Crippen LogP contribution in [0.4, 0.5) is 0 Å². The number of hydrogen-bond donors (Lipinski definition) is 1. The van der Waals surface area contributed by atoms with Gasteiger partial charge in [0.2, 0.25) is 10.0 Å². The smallest absolute Gasteiger partial charge is 0.251 e. The SMILES string of the molecule is O=C(NCCN1CCc2sccc2C1)c1cccc(S(=O)(=O)N2CCCCCC2)c1. The minimum absolute atomic E-state index is 0.207. The molecule has 1 fully saturated rings. The van der Waals surface area contributed by atoms with E-state index in [-0.39, 0.29) is 10.8 Å². The minimum atomic E-state index is -3.56. The highest BCUT2D eigenvalue weighted by molar-refractivity contribution is 7.89. The molecule has 162 valence electrons. The van der Waals surface area contributed by atoms with Crippen LogP contribution < -0.4 is 5.32 Å². The van der Waals surface area contributed by atoms with Crippen LogP contribution in [0.5, 0.6) is 0 Å². The summed E-state index contributed by atoms with van der Waals surface area (Å²) >= 11 is 1.82. The molecular weight excluding hydrogens is 418 g/mol. The maximum atomic E-state index is 13.0. The number of carbonyl (C=O) groups is 1. The Hall–Kier alpha value is -1.74. The number of fused-ring (bicyclic) bond motifs is 1. The van der Waals surface area contributed by atoms with Gasteiger partial charge in [0.15, 0.2) is 0 Å². The molecule has 1 aromatic heterocycles. The van der Waals surface area contributed by atoms with Crippen molar-refractivity contribution < 1.29 is 13.2 Å². The van der Waals surface area contributed by atoms with Crippen LogP contribution in [0.25, 0.3) is 0 Å². The molecule has 1 N–H and O–H groups in total. The number of hydrogen-bond acceptors (Lipinski definition) is 5. The monoisotopic (exact) mass is 447 g/mol. The fraction of sp³-hybridized carbons (Fsp3) is 0.500. The first kappa shape index (κ1) is 21.5. The van der Waals surface area contributed by atoms with Crippen LogP contribution in [0.15, 0.2) is 40.6 Å². The molecule has 30 heavy (non-hydrogen) atoms. The standard InChI is InChI=1S/C22H29N3O3S2/c26-22(23-10-14-24-13-8-21-19(17-24)9-15-29-21)18-6-5-7-20(16-18)30(27,28)25-11-3-1-2-4-12-25/h5-7,9,15-16H,1-4,8,10-14,17H2,(H,23,26). The molecule has 1 amide bonds. The number of nitrogens with one attached hydrogen (secondary N) is 1. The molecule has 4 rings (SSSR count). The highest BCUT2D eigenvalue weighted by Gasteiger charge is 2.26. The van der Waals surface area contributed by atoms with Crippen molar-refractivity contribution in [3.05, 3.63) is 51.7 Å². The second-order valence-corrected chi connectivity index (χ2v) is 10.9. The number of thiophene rings is 1. The average Bonchev–Trinajstić information content (AvgIpc) is 3.04. The first-order valence-electron chi connectivity index (χ1n) is 10.7. The molecule has 2 aromatic rings. The van der Waals surface area contributed by atoms with E-state index in [1.54, 1.807) is 22.5 Å². The van der Waals surface area contributed by atoms with E-state index < -0.39 is 10.0 Å². The van der Waals surface area contributed by atoms with Gasteiger partial charge >= 0.3 is 0 Å².